The van der Waals surface area contributed by atoms with Crippen molar-refractivity contribution in [2.75, 3.05) is 72.8 Å². The lowest BCUT2D eigenvalue weighted by atomic mass is 9.96. The van der Waals surface area contributed by atoms with Gasteiger partial charge in [-0.1, -0.05) is 66.7 Å². The zero-order valence-electron chi connectivity index (χ0n) is 21.6. The van der Waals surface area contributed by atoms with Gasteiger partial charge in [0.25, 0.3) is 0 Å². The second kappa shape index (κ2) is 11.1. The van der Waals surface area contributed by atoms with Crippen molar-refractivity contribution in [1.29, 1.82) is 0 Å². The predicted octanol–water partition coefficient (Wildman–Crippen LogP) is 3.69. The molecule has 2 saturated heterocycles. The molecule has 2 N–H and O–H groups in total. The highest BCUT2D eigenvalue weighted by atomic mass is 15.3. The van der Waals surface area contributed by atoms with Crippen LogP contribution in [0.1, 0.15) is 17.2 Å². The monoisotopic (exact) mass is 506 g/mol. The number of benzene rings is 2. The quantitative estimate of drug-likeness (QED) is 0.424. The molecule has 0 bridgehead atoms. The van der Waals surface area contributed by atoms with Crippen molar-refractivity contribution >= 4 is 23.1 Å². The van der Waals surface area contributed by atoms with Gasteiger partial charge >= 0.3 is 0 Å². The first kappa shape index (κ1) is 24.2. The molecular weight excluding hydrogens is 472 g/mol. The average Bonchev–Trinajstić information content (AvgIpc) is 3.00. The van der Waals surface area contributed by atoms with Gasteiger partial charge in [-0.2, -0.15) is 0 Å². The molecule has 2 aliphatic heterocycles. The Balaban J connectivity index is 1.15. The van der Waals surface area contributed by atoms with E-state index < -0.39 is 0 Å². The van der Waals surface area contributed by atoms with Crippen LogP contribution in [0.4, 0.5) is 23.1 Å². The summed E-state index contributed by atoms with van der Waals surface area (Å²) in [6.07, 6.45) is 3.51. The van der Waals surface area contributed by atoms with Crippen molar-refractivity contribution in [1.82, 2.24) is 19.9 Å². The van der Waals surface area contributed by atoms with Crippen molar-refractivity contribution < 1.29 is 0 Å². The fourth-order valence-electron chi connectivity index (χ4n) is 5.65. The molecule has 0 radical (unpaired) electrons. The van der Waals surface area contributed by atoms with Crippen LogP contribution in [-0.2, 0) is 0 Å². The number of anilines is 4. The van der Waals surface area contributed by atoms with Gasteiger partial charge < -0.3 is 20.4 Å². The predicted molar refractivity (Wildman–Crippen MR) is 154 cm³/mol. The molecule has 8 nitrogen and oxygen atoms in total. The highest BCUT2D eigenvalue weighted by Crippen LogP contribution is 2.33. The van der Waals surface area contributed by atoms with E-state index in [9.17, 15) is 0 Å². The number of hydrogen-bond acceptors (Lipinski definition) is 8. The van der Waals surface area contributed by atoms with Gasteiger partial charge in [0.2, 0.25) is 0 Å². The van der Waals surface area contributed by atoms with E-state index in [0.717, 1.165) is 69.8 Å². The number of hydrogen-bond donors (Lipinski definition) is 1. The van der Waals surface area contributed by atoms with E-state index in [1.165, 1.54) is 11.1 Å². The molecule has 4 aromatic rings. The summed E-state index contributed by atoms with van der Waals surface area (Å²) in [4.78, 5) is 23.2. The van der Waals surface area contributed by atoms with Gasteiger partial charge in [-0.15, -0.1) is 0 Å². The third-order valence-electron chi connectivity index (χ3n) is 7.60. The van der Waals surface area contributed by atoms with Gasteiger partial charge in [-0.05, 0) is 23.3 Å². The normalized spacial score (nSPS) is 16.7. The lowest BCUT2D eigenvalue weighted by Gasteiger charge is -2.41. The van der Waals surface area contributed by atoms with Crippen molar-refractivity contribution in [3.63, 3.8) is 0 Å². The molecule has 0 aliphatic carbocycles. The summed E-state index contributed by atoms with van der Waals surface area (Å²) in [5.74, 6) is 2.70. The molecule has 2 aromatic heterocycles. The van der Waals surface area contributed by atoms with Gasteiger partial charge in [0.05, 0.1) is 6.04 Å². The maximum absolute atomic E-state index is 6.72. The molecule has 0 unspecified atom stereocenters. The third-order valence-corrected chi connectivity index (χ3v) is 7.60. The van der Waals surface area contributed by atoms with E-state index in [1.54, 1.807) is 6.33 Å². The molecule has 2 fully saturated rings. The van der Waals surface area contributed by atoms with Gasteiger partial charge in [0, 0.05) is 58.6 Å². The fourth-order valence-corrected chi connectivity index (χ4v) is 5.65. The van der Waals surface area contributed by atoms with Crippen molar-refractivity contribution in [2.24, 2.45) is 0 Å². The average molecular weight is 507 g/mol. The molecule has 2 aliphatic rings. The second-order valence-electron chi connectivity index (χ2n) is 9.84. The van der Waals surface area contributed by atoms with Crippen LogP contribution < -0.4 is 20.4 Å². The number of piperazine rings is 2. The van der Waals surface area contributed by atoms with Gasteiger partial charge in [-0.25, -0.2) is 15.0 Å². The Labute approximate surface area is 224 Å². The van der Waals surface area contributed by atoms with Crippen LogP contribution in [0.3, 0.4) is 0 Å². The van der Waals surface area contributed by atoms with Crippen LogP contribution in [0, 0.1) is 0 Å². The van der Waals surface area contributed by atoms with E-state index in [1.807, 2.05) is 18.3 Å². The zero-order chi connectivity index (χ0) is 25.7. The molecule has 0 spiro atoms. The summed E-state index contributed by atoms with van der Waals surface area (Å²) in [6.45, 7) is 7.05. The Morgan fingerprint density at radius 3 is 1.58 bits per heavy atom. The minimum atomic E-state index is 0.230. The van der Waals surface area contributed by atoms with E-state index >= 15 is 0 Å². The molecule has 194 valence electrons. The maximum Gasteiger partial charge on any atom is 0.157 e. The van der Waals surface area contributed by atoms with E-state index in [4.69, 9.17) is 5.73 Å². The first-order valence-corrected chi connectivity index (χ1v) is 13.4. The number of nitrogens with zero attached hydrogens (tertiary/aromatic N) is 7. The summed E-state index contributed by atoms with van der Waals surface area (Å²) in [5.41, 5.74) is 10.0. The van der Waals surface area contributed by atoms with Gasteiger partial charge in [-0.3, -0.25) is 4.90 Å². The van der Waals surface area contributed by atoms with Gasteiger partial charge in [0.15, 0.2) is 11.6 Å². The highest BCUT2D eigenvalue weighted by Gasteiger charge is 2.29. The maximum atomic E-state index is 6.72. The van der Waals surface area contributed by atoms with Crippen LogP contribution >= 0.6 is 0 Å². The van der Waals surface area contributed by atoms with Crippen LogP contribution in [0.5, 0.6) is 0 Å². The summed E-state index contributed by atoms with van der Waals surface area (Å²) < 4.78 is 0. The van der Waals surface area contributed by atoms with Crippen LogP contribution in [0.2, 0.25) is 0 Å². The van der Waals surface area contributed by atoms with Crippen molar-refractivity contribution in [2.45, 2.75) is 6.04 Å². The third kappa shape index (κ3) is 4.99. The largest absolute Gasteiger partial charge is 0.393 e. The molecule has 0 saturated carbocycles. The summed E-state index contributed by atoms with van der Waals surface area (Å²) in [6, 6.07) is 27.9. The van der Waals surface area contributed by atoms with Gasteiger partial charge in [0.1, 0.15) is 17.8 Å². The molecule has 6 rings (SSSR count). The highest BCUT2D eigenvalue weighted by molar-refractivity contribution is 5.76. The summed E-state index contributed by atoms with van der Waals surface area (Å²) in [5, 5.41) is 0. The molecule has 38 heavy (non-hydrogen) atoms. The molecular formula is C30H34N8. The number of nitrogens with two attached hydrogens (primary N) is 1. The number of aromatic nitrogens is 3. The Morgan fingerprint density at radius 1 is 0.553 bits per heavy atom. The Kier molecular flexibility index (Phi) is 7.04. The molecule has 8 heteroatoms. The SMILES string of the molecule is Nc1c(N2CCN(c3ccccn3)CC2)ncnc1N1CCN(C(c2ccccc2)c2ccccc2)CC1. The molecule has 4 heterocycles. The molecule has 2 aromatic carbocycles. The zero-order valence-corrected chi connectivity index (χ0v) is 21.6. The smallest absolute Gasteiger partial charge is 0.157 e. The minimum Gasteiger partial charge on any atom is -0.393 e. The number of rotatable bonds is 6. The number of pyridine rings is 1. The molecule has 0 atom stereocenters. The van der Waals surface area contributed by atoms with E-state index in [-0.39, 0.29) is 6.04 Å². The standard InChI is InChI=1S/C30H34N8/c31-27-29(37-19-15-35(16-20-37)26-13-7-8-14-32-26)33-23-34-30(27)38-21-17-36(18-22-38)28(24-9-3-1-4-10-24)25-11-5-2-6-12-25/h1-14,23,28H,15-22,31H2. The van der Waals surface area contributed by atoms with Crippen LogP contribution in [0.15, 0.2) is 91.4 Å². The minimum absolute atomic E-state index is 0.230. The van der Waals surface area contributed by atoms with E-state index in [0.29, 0.717) is 5.69 Å². The lowest BCUT2D eigenvalue weighted by molar-refractivity contribution is 0.212. The first-order valence-electron chi connectivity index (χ1n) is 13.4. The van der Waals surface area contributed by atoms with Crippen molar-refractivity contribution in [3.8, 4) is 0 Å². The lowest BCUT2D eigenvalue weighted by Crippen LogP contribution is -2.49. The Bertz CT molecular complexity index is 1260. The second-order valence-corrected chi connectivity index (χ2v) is 9.84. The van der Waals surface area contributed by atoms with Crippen LogP contribution in [0.25, 0.3) is 0 Å². The topological polar surface area (TPSA) is 77.6 Å². The Morgan fingerprint density at radius 2 is 1.05 bits per heavy atom. The Hall–Kier alpha value is -4.17. The van der Waals surface area contributed by atoms with Crippen molar-refractivity contribution in [3.05, 3.63) is 103 Å². The van der Waals surface area contributed by atoms with E-state index in [2.05, 4.69) is 101 Å². The summed E-state index contributed by atoms with van der Waals surface area (Å²) >= 11 is 0. The fraction of sp³-hybridized carbons (Fsp3) is 0.300. The molecule has 0 amide bonds. The summed E-state index contributed by atoms with van der Waals surface area (Å²) in [7, 11) is 0. The first-order chi connectivity index (χ1) is 18.8. The number of nitrogen functional groups attached to an aromatic ring is 1. The van der Waals surface area contributed by atoms with Crippen LogP contribution in [-0.4, -0.2) is 72.2 Å².